The number of hydrogen-bond donors (Lipinski definition) is 2. The van der Waals surface area contributed by atoms with Gasteiger partial charge in [-0.25, -0.2) is 0 Å². The highest BCUT2D eigenvalue weighted by molar-refractivity contribution is 7.17. The molecule has 7 nitrogen and oxygen atoms in total. The van der Waals surface area contributed by atoms with Gasteiger partial charge in [0.25, 0.3) is 5.91 Å². The molecule has 0 bridgehead atoms. The molecule has 172 valence electrons. The highest BCUT2D eigenvalue weighted by atomic mass is 32.1. The van der Waals surface area contributed by atoms with Gasteiger partial charge in [-0.1, -0.05) is 24.3 Å². The highest BCUT2D eigenvalue weighted by Crippen LogP contribution is 2.30. The summed E-state index contributed by atoms with van der Waals surface area (Å²) in [6.07, 6.45) is 3.51. The van der Waals surface area contributed by atoms with E-state index < -0.39 is 0 Å². The first-order valence-corrected chi connectivity index (χ1v) is 12.3. The van der Waals surface area contributed by atoms with Gasteiger partial charge >= 0.3 is 0 Å². The number of pyridine rings is 1. The van der Waals surface area contributed by atoms with Crippen LogP contribution in [0.3, 0.4) is 0 Å². The number of amides is 1. The van der Waals surface area contributed by atoms with Crippen LogP contribution in [0.2, 0.25) is 0 Å². The molecule has 0 radical (unpaired) electrons. The molecule has 2 N–H and O–H groups in total. The van der Waals surface area contributed by atoms with E-state index in [-0.39, 0.29) is 5.91 Å². The van der Waals surface area contributed by atoms with Crippen molar-refractivity contribution in [2.45, 2.75) is 6.54 Å². The summed E-state index contributed by atoms with van der Waals surface area (Å²) >= 11 is 1.51. The van der Waals surface area contributed by atoms with Crippen molar-refractivity contribution in [3.8, 4) is 10.4 Å². The smallest absolute Gasteiger partial charge is 0.265 e. The number of carbonyl (C=O) groups excluding carboxylic acids is 1. The van der Waals surface area contributed by atoms with Crippen LogP contribution in [-0.4, -0.2) is 68.3 Å². The maximum absolute atomic E-state index is 13.0. The lowest BCUT2D eigenvalue weighted by atomic mass is 10.1. The number of piperazine rings is 1. The number of thiophene rings is 1. The summed E-state index contributed by atoms with van der Waals surface area (Å²) < 4.78 is 5.43. The van der Waals surface area contributed by atoms with Crippen molar-refractivity contribution in [1.82, 2.24) is 15.2 Å². The number of aromatic nitrogens is 1. The molecule has 2 aliphatic rings. The van der Waals surface area contributed by atoms with Crippen molar-refractivity contribution in [3.05, 3.63) is 65.3 Å². The summed E-state index contributed by atoms with van der Waals surface area (Å²) in [5, 5.41) is 6.44. The summed E-state index contributed by atoms with van der Waals surface area (Å²) in [5.41, 5.74) is 4.21. The zero-order valence-corrected chi connectivity index (χ0v) is 19.4. The van der Waals surface area contributed by atoms with Crippen molar-refractivity contribution in [1.29, 1.82) is 0 Å². The summed E-state index contributed by atoms with van der Waals surface area (Å²) in [4.78, 5) is 23.7. The Hall–Kier alpha value is -2.78. The third-order valence-corrected chi connectivity index (χ3v) is 7.22. The van der Waals surface area contributed by atoms with Crippen LogP contribution in [0.1, 0.15) is 15.2 Å². The normalized spacial score (nSPS) is 17.2. The molecule has 2 aromatic heterocycles. The number of nitrogens with one attached hydrogen (secondary N) is 2. The molecule has 2 saturated heterocycles. The highest BCUT2D eigenvalue weighted by Gasteiger charge is 2.17. The average molecular weight is 464 g/mol. The second-order valence-corrected chi connectivity index (χ2v) is 9.42. The molecular formula is C25H29N5O2S. The number of rotatable bonds is 6. The first kappa shape index (κ1) is 22.0. The Bertz CT molecular complexity index is 1070. The van der Waals surface area contributed by atoms with E-state index in [2.05, 4.69) is 49.7 Å². The third-order valence-electron chi connectivity index (χ3n) is 6.08. The van der Waals surface area contributed by atoms with Gasteiger partial charge in [-0.05, 0) is 29.3 Å². The van der Waals surface area contributed by atoms with Crippen LogP contribution in [0.5, 0.6) is 0 Å². The molecule has 1 amide bonds. The summed E-state index contributed by atoms with van der Waals surface area (Å²) in [6, 6.07) is 14.5. The molecule has 0 spiro atoms. The molecule has 3 aromatic rings. The third kappa shape index (κ3) is 5.42. The number of anilines is 2. The maximum Gasteiger partial charge on any atom is 0.265 e. The largest absolute Gasteiger partial charge is 0.379 e. The predicted octanol–water partition coefficient (Wildman–Crippen LogP) is 3.30. The second-order valence-electron chi connectivity index (χ2n) is 8.33. The molecule has 8 heteroatoms. The molecule has 0 aliphatic carbocycles. The minimum atomic E-state index is -0.0976. The Balaban J connectivity index is 1.25. The number of carbonyl (C=O) groups is 1. The summed E-state index contributed by atoms with van der Waals surface area (Å²) in [7, 11) is 0. The minimum Gasteiger partial charge on any atom is -0.379 e. The topological polar surface area (TPSA) is 69.7 Å². The van der Waals surface area contributed by atoms with Crippen molar-refractivity contribution >= 4 is 28.6 Å². The number of hydrogen-bond acceptors (Lipinski definition) is 7. The van der Waals surface area contributed by atoms with Crippen LogP contribution in [0, 0.1) is 0 Å². The Morgan fingerprint density at radius 3 is 2.61 bits per heavy atom. The van der Waals surface area contributed by atoms with Gasteiger partial charge in [0.05, 0.1) is 35.7 Å². The summed E-state index contributed by atoms with van der Waals surface area (Å²) in [6.45, 7) is 8.25. The number of benzene rings is 1. The van der Waals surface area contributed by atoms with Crippen molar-refractivity contribution in [3.63, 3.8) is 0 Å². The van der Waals surface area contributed by atoms with Gasteiger partial charge in [-0.3, -0.25) is 14.7 Å². The van der Waals surface area contributed by atoms with Crippen LogP contribution in [0.4, 0.5) is 11.4 Å². The summed E-state index contributed by atoms with van der Waals surface area (Å²) in [5.74, 6) is -0.0976. The maximum atomic E-state index is 13.0. The number of ether oxygens (including phenoxy) is 1. The molecule has 2 fully saturated rings. The molecule has 5 rings (SSSR count). The van der Waals surface area contributed by atoms with Crippen LogP contribution < -0.4 is 15.5 Å². The van der Waals surface area contributed by atoms with Gasteiger partial charge in [0.2, 0.25) is 0 Å². The average Bonchev–Trinajstić information content (AvgIpc) is 3.37. The first-order chi connectivity index (χ1) is 16.3. The zero-order valence-electron chi connectivity index (χ0n) is 18.6. The molecule has 0 atom stereocenters. The Kier molecular flexibility index (Phi) is 6.97. The molecule has 33 heavy (non-hydrogen) atoms. The Labute approximate surface area is 198 Å². The van der Waals surface area contributed by atoms with Crippen molar-refractivity contribution in [2.75, 3.05) is 62.7 Å². The lowest BCUT2D eigenvalue weighted by Crippen LogP contribution is -2.43. The molecule has 1 aromatic carbocycles. The van der Waals surface area contributed by atoms with E-state index in [0.717, 1.165) is 80.8 Å². The van der Waals surface area contributed by atoms with E-state index in [4.69, 9.17) is 4.74 Å². The molecule has 0 unspecified atom stereocenters. The number of nitrogens with zero attached hydrogens (tertiary/aromatic N) is 3. The van der Waals surface area contributed by atoms with E-state index >= 15 is 0 Å². The van der Waals surface area contributed by atoms with Crippen LogP contribution in [0.25, 0.3) is 10.4 Å². The molecular weight excluding hydrogens is 434 g/mol. The van der Waals surface area contributed by atoms with Crippen molar-refractivity contribution < 1.29 is 9.53 Å². The molecule has 0 saturated carbocycles. The SMILES string of the molecule is O=C(Nc1cnccc1N1CCNCC1)c1ccc(-c2ccc(CN3CCOCC3)cc2)s1. The molecule has 2 aliphatic heterocycles. The minimum absolute atomic E-state index is 0.0976. The van der Waals surface area contributed by atoms with Crippen LogP contribution in [-0.2, 0) is 11.3 Å². The van der Waals surface area contributed by atoms with Gasteiger partial charge in [0.15, 0.2) is 0 Å². The lowest BCUT2D eigenvalue weighted by Gasteiger charge is -2.30. The van der Waals surface area contributed by atoms with Gasteiger partial charge in [-0.15, -0.1) is 11.3 Å². The van der Waals surface area contributed by atoms with E-state index in [1.807, 2.05) is 18.2 Å². The number of morpholine rings is 1. The van der Waals surface area contributed by atoms with E-state index in [0.29, 0.717) is 4.88 Å². The van der Waals surface area contributed by atoms with Gasteiger partial charge in [-0.2, -0.15) is 0 Å². The fourth-order valence-electron chi connectivity index (χ4n) is 4.26. The van der Waals surface area contributed by atoms with Crippen LogP contribution >= 0.6 is 11.3 Å². The fourth-order valence-corrected chi connectivity index (χ4v) is 5.16. The quantitative estimate of drug-likeness (QED) is 0.585. The predicted molar refractivity (Wildman–Crippen MR) is 133 cm³/mol. The van der Waals surface area contributed by atoms with Crippen LogP contribution in [0.15, 0.2) is 54.9 Å². The molecule has 4 heterocycles. The second kappa shape index (κ2) is 10.4. The zero-order chi connectivity index (χ0) is 22.5. The van der Waals surface area contributed by atoms with E-state index in [9.17, 15) is 4.79 Å². The van der Waals surface area contributed by atoms with Gasteiger partial charge in [0, 0.05) is 56.9 Å². The standard InChI is InChI=1S/C25H29N5O2S/c31-25(28-21-17-27-8-7-22(21)30-11-9-26-10-12-30)24-6-5-23(33-24)20-3-1-19(2-4-20)18-29-13-15-32-16-14-29/h1-8,17,26H,9-16,18H2,(H,28,31). The van der Waals surface area contributed by atoms with Crippen molar-refractivity contribution in [2.24, 2.45) is 0 Å². The lowest BCUT2D eigenvalue weighted by molar-refractivity contribution is 0.0342. The van der Waals surface area contributed by atoms with E-state index in [1.54, 1.807) is 12.4 Å². The van der Waals surface area contributed by atoms with Gasteiger partial charge < -0.3 is 20.3 Å². The van der Waals surface area contributed by atoms with E-state index in [1.165, 1.54) is 16.9 Å². The first-order valence-electron chi connectivity index (χ1n) is 11.5. The Morgan fingerprint density at radius 1 is 1.03 bits per heavy atom. The fraction of sp³-hybridized carbons (Fsp3) is 0.360. The monoisotopic (exact) mass is 463 g/mol. The van der Waals surface area contributed by atoms with Gasteiger partial charge in [0.1, 0.15) is 0 Å². The Morgan fingerprint density at radius 2 is 1.82 bits per heavy atom.